The lowest BCUT2D eigenvalue weighted by Gasteiger charge is -2.46. The standard InChI is InChI=1S/C114H74BN5/c1-9-33-75(34-10-1)81-59-63-106-100(69-81)115-101-70-82(76-35-11-2-12-36-76)60-64-107(101)120(114-98(79-41-17-5-18-42-79)67-86(68-99(114)80-43-19-6-20-44-80)84-58-62-95-93-52-28-30-54-103(93)117(109(95)72-84)88-47-23-8-24-48-88)111-74-89(118-104-55-31-25-49-90(104)91-50-26-32-56-105(91)118)73-110(112(111)115)119(106)113-96(77-37-13-3-14-38-77)65-85(66-97(113)78-39-15-4-16-40-78)83-57-61-94-92-51-27-29-53-102(92)116(108(94)71-83)87-45-21-7-22-46-87/h1-74H. The lowest BCUT2D eigenvalue weighted by Crippen LogP contribution is -2.61. The van der Waals surface area contributed by atoms with Crippen LogP contribution in [0.1, 0.15) is 0 Å². The fourth-order valence-corrected chi connectivity index (χ4v) is 19.9. The van der Waals surface area contributed by atoms with E-state index in [1.807, 2.05) is 0 Å². The minimum atomic E-state index is -0.322. The van der Waals surface area contributed by atoms with Gasteiger partial charge in [-0.15, -0.1) is 0 Å². The number of hydrogen-bond acceptors (Lipinski definition) is 2. The number of nitrogens with zero attached hydrogens (tertiary/aromatic N) is 5. The van der Waals surface area contributed by atoms with Crippen molar-refractivity contribution in [1.82, 2.24) is 13.7 Å². The van der Waals surface area contributed by atoms with Crippen molar-refractivity contribution in [1.29, 1.82) is 0 Å². The van der Waals surface area contributed by atoms with Crippen molar-refractivity contribution in [2.75, 3.05) is 9.80 Å². The number of aromatic nitrogens is 3. The fourth-order valence-electron chi connectivity index (χ4n) is 19.9. The molecular formula is C114H74BN5. The molecule has 0 spiro atoms. The highest BCUT2D eigenvalue weighted by Gasteiger charge is 2.46. The van der Waals surface area contributed by atoms with Crippen LogP contribution in [0.3, 0.4) is 0 Å². The van der Waals surface area contributed by atoms with Crippen molar-refractivity contribution in [3.63, 3.8) is 0 Å². The summed E-state index contributed by atoms with van der Waals surface area (Å²) in [5.41, 5.74) is 38.1. The summed E-state index contributed by atoms with van der Waals surface area (Å²) < 4.78 is 7.42. The van der Waals surface area contributed by atoms with Crippen LogP contribution >= 0.6 is 0 Å². The van der Waals surface area contributed by atoms with E-state index >= 15 is 0 Å². The molecule has 24 rings (SSSR count). The molecule has 0 aliphatic carbocycles. The molecule has 19 aromatic carbocycles. The summed E-state index contributed by atoms with van der Waals surface area (Å²) >= 11 is 0. The van der Waals surface area contributed by atoms with Crippen molar-refractivity contribution < 1.29 is 0 Å². The van der Waals surface area contributed by atoms with Crippen LogP contribution in [-0.2, 0) is 0 Å². The van der Waals surface area contributed by atoms with Crippen molar-refractivity contribution in [3.05, 3.63) is 449 Å². The van der Waals surface area contributed by atoms with Crippen LogP contribution in [-0.4, -0.2) is 20.4 Å². The molecule has 0 saturated heterocycles. The Hall–Kier alpha value is -15.8. The first-order valence-electron chi connectivity index (χ1n) is 41.5. The molecule has 0 amide bonds. The van der Waals surface area contributed by atoms with Crippen molar-refractivity contribution in [3.8, 4) is 106 Å². The largest absolute Gasteiger partial charge is 0.310 e. The molecule has 558 valence electrons. The van der Waals surface area contributed by atoms with Crippen LogP contribution in [0.25, 0.3) is 171 Å². The molecule has 120 heavy (non-hydrogen) atoms. The molecular weight excluding hydrogens is 1450 g/mol. The van der Waals surface area contributed by atoms with Crippen LogP contribution in [0, 0.1) is 0 Å². The molecule has 0 bridgehead atoms. The van der Waals surface area contributed by atoms with Crippen LogP contribution < -0.4 is 26.2 Å². The monoisotopic (exact) mass is 1520 g/mol. The summed E-state index contributed by atoms with van der Waals surface area (Å²) in [4.78, 5) is 5.41. The third-order valence-electron chi connectivity index (χ3n) is 25.2. The predicted molar refractivity (Wildman–Crippen MR) is 507 cm³/mol. The third-order valence-corrected chi connectivity index (χ3v) is 25.2. The molecule has 22 aromatic rings. The molecule has 6 heteroatoms. The van der Waals surface area contributed by atoms with E-state index in [1.54, 1.807) is 0 Å². The highest BCUT2D eigenvalue weighted by molar-refractivity contribution is 7.00. The van der Waals surface area contributed by atoms with E-state index in [0.717, 1.165) is 162 Å². The average Bonchev–Trinajstić information content (AvgIpc) is 1.01. The van der Waals surface area contributed by atoms with E-state index in [-0.39, 0.29) is 6.71 Å². The van der Waals surface area contributed by atoms with Gasteiger partial charge in [0, 0.05) is 88.7 Å². The second kappa shape index (κ2) is 28.0. The van der Waals surface area contributed by atoms with E-state index < -0.39 is 0 Å². The number of hydrogen-bond donors (Lipinski definition) is 0. The Bertz CT molecular complexity index is 7230. The Labute approximate surface area is 696 Å². The maximum absolute atomic E-state index is 2.70. The van der Waals surface area contributed by atoms with Gasteiger partial charge in [-0.05, 0) is 192 Å². The third kappa shape index (κ3) is 11.0. The van der Waals surface area contributed by atoms with E-state index in [9.17, 15) is 0 Å². The first kappa shape index (κ1) is 68.6. The number of benzene rings is 19. The van der Waals surface area contributed by atoms with E-state index in [1.165, 1.54) is 59.7 Å². The normalized spacial score (nSPS) is 12.3. The highest BCUT2D eigenvalue weighted by atomic mass is 15.2. The van der Waals surface area contributed by atoms with Gasteiger partial charge in [0.05, 0.1) is 50.2 Å². The zero-order chi connectivity index (χ0) is 78.9. The molecule has 5 heterocycles. The van der Waals surface area contributed by atoms with E-state index in [0.29, 0.717) is 0 Å². The van der Waals surface area contributed by atoms with Gasteiger partial charge in [-0.2, -0.15) is 0 Å². The zero-order valence-electron chi connectivity index (χ0n) is 65.5. The zero-order valence-corrected chi connectivity index (χ0v) is 65.5. The molecule has 2 aliphatic heterocycles. The van der Waals surface area contributed by atoms with Gasteiger partial charge < -0.3 is 23.5 Å². The first-order valence-corrected chi connectivity index (χ1v) is 41.5. The SMILES string of the molecule is c1ccc(-c2ccc3c(c2)B2c4cc(-c5ccccc5)ccc4N(c4c(-c5ccccc5)cc(-c5ccc6c7ccccc7n(-c7ccccc7)c6c5)cc4-c4ccccc4)c4cc(-n5c6ccccc6c6ccccc65)cc(c42)N3c2c(-c3ccccc3)cc(-c3ccc4c5ccccc5n(-c5ccccc5)c4c3)cc2-c2ccccc2)cc1. The van der Waals surface area contributed by atoms with Gasteiger partial charge >= 0.3 is 0 Å². The Balaban J connectivity index is 0.852. The van der Waals surface area contributed by atoms with Crippen molar-refractivity contribution in [2.45, 2.75) is 0 Å². The lowest BCUT2D eigenvalue weighted by atomic mass is 9.33. The fraction of sp³-hybridized carbons (Fsp3) is 0. The second-order valence-electron chi connectivity index (χ2n) is 31.8. The molecule has 0 atom stereocenters. The summed E-state index contributed by atoms with van der Waals surface area (Å²) in [6.07, 6.45) is 0. The number of para-hydroxylation sites is 6. The summed E-state index contributed by atoms with van der Waals surface area (Å²) in [6, 6.07) is 168. The molecule has 0 fully saturated rings. The van der Waals surface area contributed by atoms with Gasteiger partial charge in [0.15, 0.2) is 0 Å². The maximum atomic E-state index is 2.70. The van der Waals surface area contributed by atoms with Crippen LogP contribution in [0.2, 0.25) is 0 Å². The lowest BCUT2D eigenvalue weighted by molar-refractivity contribution is 1.16. The Morgan fingerprint density at radius 3 is 0.742 bits per heavy atom. The van der Waals surface area contributed by atoms with Crippen LogP contribution in [0.5, 0.6) is 0 Å². The Kier molecular flexibility index (Phi) is 16.0. The number of fused-ring (bicyclic) bond motifs is 13. The van der Waals surface area contributed by atoms with Gasteiger partial charge in [0.2, 0.25) is 0 Å². The minimum Gasteiger partial charge on any atom is -0.310 e. The first-order chi connectivity index (χ1) is 59.6. The van der Waals surface area contributed by atoms with E-state index in [2.05, 4.69) is 472 Å². The van der Waals surface area contributed by atoms with Gasteiger partial charge in [-0.1, -0.05) is 340 Å². The van der Waals surface area contributed by atoms with Crippen LogP contribution in [0.4, 0.5) is 34.1 Å². The molecule has 0 N–H and O–H groups in total. The maximum Gasteiger partial charge on any atom is 0.252 e. The summed E-state index contributed by atoms with van der Waals surface area (Å²) in [5.74, 6) is 0. The number of rotatable bonds is 13. The van der Waals surface area contributed by atoms with Gasteiger partial charge in [0.25, 0.3) is 6.71 Å². The second-order valence-corrected chi connectivity index (χ2v) is 31.8. The summed E-state index contributed by atoms with van der Waals surface area (Å²) in [5, 5.41) is 7.23. The average molecular weight is 1520 g/mol. The molecule has 0 saturated carbocycles. The smallest absolute Gasteiger partial charge is 0.252 e. The summed E-state index contributed by atoms with van der Waals surface area (Å²) in [7, 11) is 0. The summed E-state index contributed by atoms with van der Waals surface area (Å²) in [6.45, 7) is -0.322. The van der Waals surface area contributed by atoms with Gasteiger partial charge in [-0.3, -0.25) is 0 Å². The van der Waals surface area contributed by atoms with Crippen molar-refractivity contribution >= 4 is 123 Å². The predicted octanol–water partition coefficient (Wildman–Crippen LogP) is 28.4. The van der Waals surface area contributed by atoms with E-state index in [4.69, 9.17) is 0 Å². The quantitative estimate of drug-likeness (QED) is 0.107. The topological polar surface area (TPSA) is 21.3 Å². The van der Waals surface area contributed by atoms with Crippen LogP contribution in [0.15, 0.2) is 449 Å². The molecule has 3 aromatic heterocycles. The van der Waals surface area contributed by atoms with Crippen molar-refractivity contribution in [2.24, 2.45) is 0 Å². The Morgan fingerprint density at radius 1 is 0.158 bits per heavy atom. The minimum absolute atomic E-state index is 0.322. The molecule has 2 aliphatic rings. The highest BCUT2D eigenvalue weighted by Crippen LogP contribution is 2.56. The Morgan fingerprint density at radius 2 is 0.417 bits per heavy atom. The number of anilines is 6. The molecule has 0 unspecified atom stereocenters. The van der Waals surface area contributed by atoms with Gasteiger partial charge in [-0.25, -0.2) is 0 Å². The molecule has 0 radical (unpaired) electrons. The molecule has 5 nitrogen and oxygen atoms in total. The van der Waals surface area contributed by atoms with Gasteiger partial charge in [0.1, 0.15) is 0 Å².